The smallest absolute Gasteiger partial charge is 0.397 e. The van der Waals surface area contributed by atoms with Crippen molar-refractivity contribution in [3.63, 3.8) is 0 Å². The quantitative estimate of drug-likeness (QED) is 0.0197. The van der Waals surface area contributed by atoms with Gasteiger partial charge in [0.1, 0.15) is 30.5 Å². The number of allylic oxidation sites excluding steroid dienone is 6. The second kappa shape index (κ2) is 42.7. The zero-order valence-corrected chi connectivity index (χ0v) is 41.2. The number of aliphatic hydroxyl groups is 3. The van der Waals surface area contributed by atoms with Crippen LogP contribution >= 0.6 is 0 Å². The van der Waals surface area contributed by atoms with Crippen LogP contribution in [0.5, 0.6) is 0 Å². The van der Waals surface area contributed by atoms with Gasteiger partial charge in [-0.1, -0.05) is 204 Å². The summed E-state index contributed by atoms with van der Waals surface area (Å²) in [5.41, 5.74) is 0. The van der Waals surface area contributed by atoms with E-state index in [-0.39, 0.29) is 19.6 Å². The van der Waals surface area contributed by atoms with Crippen molar-refractivity contribution in [3.05, 3.63) is 36.5 Å². The molecule has 0 aromatic carbocycles. The summed E-state index contributed by atoms with van der Waals surface area (Å²) in [4.78, 5) is 12.9. The van der Waals surface area contributed by atoms with Crippen LogP contribution in [-0.4, -0.2) is 97.5 Å². The third-order valence-electron chi connectivity index (χ3n) is 11.8. The van der Waals surface area contributed by atoms with Crippen molar-refractivity contribution in [2.75, 3.05) is 26.4 Å². The maximum absolute atomic E-state index is 12.9. The summed E-state index contributed by atoms with van der Waals surface area (Å²) in [6, 6.07) is 0. The molecule has 0 aromatic rings. The first-order valence-corrected chi connectivity index (χ1v) is 27.1. The van der Waals surface area contributed by atoms with E-state index in [1.807, 2.05) is 0 Å². The number of esters is 1. The molecule has 6 unspecified atom stereocenters. The van der Waals surface area contributed by atoms with Crippen molar-refractivity contribution in [1.29, 1.82) is 0 Å². The van der Waals surface area contributed by atoms with Gasteiger partial charge >= 0.3 is 16.4 Å². The molecular formula is C51H94O12S. The third-order valence-corrected chi connectivity index (χ3v) is 12.2. The zero-order valence-electron chi connectivity index (χ0n) is 40.3. The fourth-order valence-corrected chi connectivity index (χ4v) is 8.43. The van der Waals surface area contributed by atoms with E-state index in [0.717, 1.165) is 70.6 Å². The minimum Gasteiger partial charge on any atom is -0.457 e. The van der Waals surface area contributed by atoms with E-state index < -0.39 is 59.8 Å². The third kappa shape index (κ3) is 35.5. The van der Waals surface area contributed by atoms with E-state index in [1.165, 1.54) is 122 Å². The van der Waals surface area contributed by atoms with Gasteiger partial charge in [0.2, 0.25) is 0 Å². The number of unbranched alkanes of at least 4 members (excludes halogenated alkanes) is 26. The van der Waals surface area contributed by atoms with Crippen LogP contribution in [0.15, 0.2) is 36.5 Å². The van der Waals surface area contributed by atoms with Crippen molar-refractivity contribution >= 4 is 16.4 Å². The predicted molar refractivity (Wildman–Crippen MR) is 257 cm³/mol. The Morgan fingerprint density at radius 2 is 1.08 bits per heavy atom. The number of carbonyl (C=O) groups is 1. The van der Waals surface area contributed by atoms with Crippen molar-refractivity contribution in [3.8, 4) is 0 Å². The number of hydrogen-bond acceptors (Lipinski definition) is 11. The molecule has 13 heteroatoms. The van der Waals surface area contributed by atoms with E-state index in [1.54, 1.807) is 0 Å². The number of carbonyl (C=O) groups excluding carboxylic acids is 1. The molecule has 0 aromatic heterocycles. The Morgan fingerprint density at radius 3 is 1.58 bits per heavy atom. The van der Waals surface area contributed by atoms with E-state index >= 15 is 0 Å². The standard InChI is InChI=1S/C51H94O12S/c1-3-5-7-9-11-13-15-17-19-20-21-22-23-24-25-26-27-28-30-32-34-36-38-40-47(53)61-45(43-59-41-39-37-35-33-31-29-18-16-14-12-10-8-6-4-2)44-60-51-49(55)50(63-64(56,57)58)48(54)46(42-52)62-51/h6,8,12,14,18,29,45-46,48-52,54-55H,3-5,7,9-11,13,15-17,19-28,30-44H2,1-2H3,(H,56,57,58)/b8-6-,14-12-,29-18-. The molecule has 0 spiro atoms. The Kier molecular flexibility index (Phi) is 40.2. The van der Waals surface area contributed by atoms with Gasteiger partial charge in [-0.2, -0.15) is 8.42 Å². The highest BCUT2D eigenvalue weighted by Crippen LogP contribution is 2.26. The highest BCUT2D eigenvalue weighted by Gasteiger charge is 2.48. The molecule has 1 heterocycles. The van der Waals surface area contributed by atoms with Gasteiger partial charge in [-0.05, 0) is 44.9 Å². The fraction of sp³-hybridized carbons (Fsp3) is 0.863. The molecule has 12 nitrogen and oxygen atoms in total. The van der Waals surface area contributed by atoms with Gasteiger partial charge in [0.25, 0.3) is 0 Å². The summed E-state index contributed by atoms with van der Waals surface area (Å²) in [5, 5.41) is 30.7. The summed E-state index contributed by atoms with van der Waals surface area (Å²) < 4.78 is 59.2. The number of hydrogen-bond donors (Lipinski definition) is 4. The first-order chi connectivity index (χ1) is 31.1. The van der Waals surface area contributed by atoms with Crippen molar-refractivity contribution in [2.45, 2.75) is 256 Å². The predicted octanol–water partition coefficient (Wildman–Crippen LogP) is 11.7. The molecule has 0 aliphatic carbocycles. The van der Waals surface area contributed by atoms with Gasteiger partial charge in [0.05, 0.1) is 19.8 Å². The van der Waals surface area contributed by atoms with Crippen molar-refractivity contribution in [1.82, 2.24) is 0 Å². The van der Waals surface area contributed by atoms with Crippen molar-refractivity contribution < 1.29 is 56.2 Å². The van der Waals surface area contributed by atoms with Crippen LogP contribution in [0.3, 0.4) is 0 Å². The monoisotopic (exact) mass is 931 g/mol. The van der Waals surface area contributed by atoms with Gasteiger partial charge in [-0.3, -0.25) is 9.35 Å². The van der Waals surface area contributed by atoms with Crippen LogP contribution in [0.4, 0.5) is 0 Å². The van der Waals surface area contributed by atoms with Crippen LogP contribution in [0.1, 0.15) is 219 Å². The van der Waals surface area contributed by atoms with Gasteiger partial charge in [-0.15, -0.1) is 0 Å². The van der Waals surface area contributed by atoms with E-state index in [4.69, 9.17) is 18.9 Å². The normalized spacial score (nSPS) is 20.0. The van der Waals surface area contributed by atoms with Crippen LogP contribution in [0.25, 0.3) is 0 Å². The number of ether oxygens (including phenoxy) is 4. The molecule has 1 rings (SSSR count). The Morgan fingerprint density at radius 1 is 0.609 bits per heavy atom. The van der Waals surface area contributed by atoms with Gasteiger partial charge in [-0.25, -0.2) is 4.18 Å². The molecule has 0 radical (unpaired) electrons. The van der Waals surface area contributed by atoms with E-state index in [0.29, 0.717) is 13.0 Å². The molecule has 64 heavy (non-hydrogen) atoms. The average Bonchev–Trinajstić information content (AvgIpc) is 3.27. The maximum atomic E-state index is 12.9. The molecule has 4 N–H and O–H groups in total. The molecule has 1 aliphatic heterocycles. The highest BCUT2D eigenvalue weighted by molar-refractivity contribution is 7.80. The Bertz CT molecular complexity index is 1260. The highest BCUT2D eigenvalue weighted by atomic mass is 32.3. The lowest BCUT2D eigenvalue weighted by Gasteiger charge is -2.41. The van der Waals surface area contributed by atoms with Gasteiger partial charge < -0.3 is 34.3 Å². The molecule has 0 saturated carbocycles. The fourth-order valence-electron chi connectivity index (χ4n) is 7.92. The summed E-state index contributed by atoms with van der Waals surface area (Å²) >= 11 is 0. The summed E-state index contributed by atoms with van der Waals surface area (Å²) in [6.07, 6.45) is 41.9. The lowest BCUT2D eigenvalue weighted by atomic mass is 9.99. The average molecular weight is 931 g/mol. The molecule has 1 saturated heterocycles. The summed E-state index contributed by atoms with van der Waals surface area (Å²) in [5.74, 6) is -0.404. The Balaban J connectivity index is 2.32. The van der Waals surface area contributed by atoms with Crippen LogP contribution in [0, 0.1) is 0 Å². The maximum Gasteiger partial charge on any atom is 0.397 e. The first-order valence-electron chi connectivity index (χ1n) is 25.7. The lowest BCUT2D eigenvalue weighted by Crippen LogP contribution is -2.60. The van der Waals surface area contributed by atoms with Crippen molar-refractivity contribution in [2.24, 2.45) is 0 Å². The Labute approximate surface area is 390 Å². The molecule has 0 amide bonds. The first kappa shape index (κ1) is 60.3. The summed E-state index contributed by atoms with van der Waals surface area (Å²) in [6.45, 7) is 3.86. The van der Waals surface area contributed by atoms with Crippen LogP contribution in [0.2, 0.25) is 0 Å². The van der Waals surface area contributed by atoms with Gasteiger partial charge in [0, 0.05) is 13.0 Å². The van der Waals surface area contributed by atoms with E-state index in [2.05, 4.69) is 54.5 Å². The topological polar surface area (TPSA) is 178 Å². The molecule has 1 aliphatic rings. The Hall–Kier alpha value is -1.68. The van der Waals surface area contributed by atoms with Crippen LogP contribution < -0.4 is 0 Å². The second-order valence-corrected chi connectivity index (χ2v) is 18.8. The number of rotatable bonds is 45. The lowest BCUT2D eigenvalue weighted by molar-refractivity contribution is -0.301. The SMILES string of the molecule is CC/C=C\C/C=C\C/C=C\CCCCCCOCC(COC1OC(CO)C(O)C(OS(=O)(=O)O)C1O)OC(=O)CCCCCCCCCCCCCCCCCCCCCCCCC. The summed E-state index contributed by atoms with van der Waals surface area (Å²) in [7, 11) is -5.07. The largest absolute Gasteiger partial charge is 0.457 e. The van der Waals surface area contributed by atoms with Gasteiger partial charge in [0.15, 0.2) is 6.29 Å². The molecule has 1 fully saturated rings. The minimum atomic E-state index is -5.07. The van der Waals surface area contributed by atoms with Crippen LogP contribution in [-0.2, 0) is 38.3 Å². The molecule has 0 bridgehead atoms. The number of aliphatic hydroxyl groups excluding tert-OH is 3. The molecule has 376 valence electrons. The zero-order chi connectivity index (χ0) is 46.8. The molecule has 6 atom stereocenters. The van der Waals surface area contributed by atoms with E-state index in [9.17, 15) is 33.1 Å². The molecular weight excluding hydrogens is 837 g/mol. The minimum absolute atomic E-state index is 0.0233. The second-order valence-electron chi connectivity index (χ2n) is 17.7.